The minimum absolute atomic E-state index is 0.0962. The Morgan fingerprint density at radius 2 is 0.521 bits per heavy atom. The fraction of sp³-hybridized carbons (Fsp3) is 0.120. The number of hydrogen-bond acceptors (Lipinski definition) is 26. The van der Waals surface area contributed by atoms with Crippen LogP contribution in [0.3, 0.4) is 0 Å². The highest BCUT2D eigenvalue weighted by atomic mass is 19.1. The lowest BCUT2D eigenvalue weighted by atomic mass is 10.0. The zero-order valence-corrected chi connectivity index (χ0v) is 78.0. The number of ketones is 2. The van der Waals surface area contributed by atoms with Gasteiger partial charge < -0.3 is 74.7 Å². The molecule has 15 rings (SSSR count). The molecule has 15 N–H and O–H groups in total. The van der Waals surface area contributed by atoms with Gasteiger partial charge >= 0.3 is 0 Å². The molecule has 710 valence electrons. The van der Waals surface area contributed by atoms with Crippen molar-refractivity contribution >= 4 is 154 Å². The Balaban J connectivity index is 0.000000168. The Morgan fingerprint density at radius 1 is 0.271 bits per heavy atom. The highest BCUT2D eigenvalue weighted by Gasteiger charge is 2.17. The van der Waals surface area contributed by atoms with Crippen LogP contribution in [0.5, 0.6) is 0 Å². The number of likely N-dealkylation sites (N-methyl/N-ethyl adjacent to an activating group) is 1. The van der Waals surface area contributed by atoms with Gasteiger partial charge in [-0.05, 0) is 308 Å². The maximum absolute atomic E-state index is 13.2. The van der Waals surface area contributed by atoms with Crippen molar-refractivity contribution in [3.05, 3.63) is 408 Å². The number of carbonyl (C=O) groups excluding carboxylic acids is 5. The van der Waals surface area contributed by atoms with E-state index >= 15 is 0 Å². The van der Waals surface area contributed by atoms with Crippen molar-refractivity contribution < 1.29 is 41.9 Å². The third-order valence-corrected chi connectivity index (χ3v) is 20.7. The normalized spacial score (nSPS) is 10.9. The smallest absolute Gasteiger partial charge is 0.255 e. The molecule has 15 aromatic carbocycles. The molecule has 0 aliphatic heterocycles. The average molecular weight is 1880 g/mol. The summed E-state index contributed by atoms with van der Waals surface area (Å²) < 4.78 is 44.8. The Bertz CT molecular complexity index is 6620. The third kappa shape index (κ3) is 32.7. The number of ether oxygens (including phenoxy) is 1. The van der Waals surface area contributed by atoms with Gasteiger partial charge in [0.25, 0.3) is 17.7 Å². The van der Waals surface area contributed by atoms with Gasteiger partial charge in [-0.15, -0.1) is 0 Å². The first-order valence-electron chi connectivity index (χ1n) is 43.9. The van der Waals surface area contributed by atoms with Crippen molar-refractivity contribution in [2.45, 2.75) is 12.8 Å². The minimum Gasteiger partial charge on any atom is -0.398 e. The van der Waals surface area contributed by atoms with Crippen molar-refractivity contribution in [1.82, 2.24) is 0 Å². The fourth-order valence-electron chi connectivity index (χ4n) is 12.7. The van der Waals surface area contributed by atoms with Crippen LogP contribution in [0, 0.1) is 17.5 Å². The SMILES string of the molecule is CN(C)c1ccc(N=Nc2ccc(C(=O)Cc3ccc(F)cc3N)cc2)cc1.CN(C)c1ccc(N=Nc2ccc(C(=O)Nc3ccc(F)cc3N)cc2)cc1.CN(C)c1ccc(N=Nc2ccc(C(=O)Nc3ccccc3N)cc2)cc1.CN(CCOCCN)c1ccc(N=Nc2ccc(C(=O)Cc3ccc(F)cc3N)cc2)cc1.Nc1ccccc1NC(=O)c1ccc(N=Nc2ccccc2)cc1. The second-order valence-corrected chi connectivity index (χ2v) is 31.8. The number of carbonyl (C=O) groups is 5. The Kier molecular flexibility index (Phi) is 38.1. The molecule has 0 aliphatic carbocycles. The summed E-state index contributed by atoms with van der Waals surface area (Å²) in [6.45, 7) is 2.46. The molecule has 0 atom stereocenters. The Labute approximate surface area is 809 Å². The first kappa shape index (κ1) is 102. The van der Waals surface area contributed by atoms with Crippen LogP contribution >= 0.6 is 0 Å². The quantitative estimate of drug-likeness (QED) is 0.00843. The lowest BCUT2D eigenvalue weighted by molar-refractivity contribution is 0.0985. The van der Waals surface area contributed by atoms with Crippen LogP contribution < -0.4 is 70.0 Å². The monoisotopic (exact) mass is 1880 g/mol. The van der Waals surface area contributed by atoms with Crippen molar-refractivity contribution in [2.75, 3.05) is 140 Å². The predicted octanol–water partition coefficient (Wildman–Crippen LogP) is 25.1. The first-order valence-corrected chi connectivity index (χ1v) is 43.9. The number of para-hydroxylation sites is 4. The van der Waals surface area contributed by atoms with Gasteiger partial charge in [0.2, 0.25) is 0 Å². The molecular weight excluding hydrogens is 1770 g/mol. The molecule has 0 radical (unpaired) electrons. The van der Waals surface area contributed by atoms with Crippen LogP contribution in [0.2, 0.25) is 0 Å². The van der Waals surface area contributed by atoms with Crippen LogP contribution in [0.1, 0.15) is 62.9 Å². The number of amides is 3. The number of nitrogens with one attached hydrogen (secondary N) is 3. The molecule has 0 fully saturated rings. The number of hydrogen-bond donors (Lipinski definition) is 9. The van der Waals surface area contributed by atoms with Crippen LogP contribution in [0.25, 0.3) is 0 Å². The largest absolute Gasteiger partial charge is 0.398 e. The van der Waals surface area contributed by atoms with Gasteiger partial charge in [0.1, 0.15) is 17.5 Å². The summed E-state index contributed by atoms with van der Waals surface area (Å²) >= 11 is 0. The van der Waals surface area contributed by atoms with Crippen molar-refractivity contribution in [2.24, 2.45) is 56.9 Å². The summed E-state index contributed by atoms with van der Waals surface area (Å²) in [6, 6.07) is 101. The predicted molar refractivity (Wildman–Crippen MR) is 555 cm³/mol. The van der Waals surface area contributed by atoms with Crippen molar-refractivity contribution in [3.8, 4) is 0 Å². The lowest BCUT2D eigenvalue weighted by Gasteiger charge is -2.19. The summed E-state index contributed by atoms with van der Waals surface area (Å²) in [6.07, 6.45) is 0.220. The summed E-state index contributed by atoms with van der Waals surface area (Å²) in [5, 5.41) is 50.2. The highest BCUT2D eigenvalue weighted by Crippen LogP contribution is 2.32. The molecule has 0 saturated heterocycles. The molecule has 0 bridgehead atoms. The molecule has 29 nitrogen and oxygen atoms in total. The van der Waals surface area contributed by atoms with Crippen molar-refractivity contribution in [3.63, 3.8) is 0 Å². The molecule has 32 heteroatoms. The van der Waals surface area contributed by atoms with E-state index in [1.54, 1.807) is 146 Å². The van der Waals surface area contributed by atoms with E-state index < -0.39 is 17.5 Å². The van der Waals surface area contributed by atoms with Gasteiger partial charge in [-0.25, -0.2) is 13.2 Å². The molecule has 0 spiro atoms. The van der Waals surface area contributed by atoms with Crippen LogP contribution in [-0.2, 0) is 17.6 Å². The molecule has 0 unspecified atom stereocenters. The number of Topliss-reactive ketones (excluding diaryl/α,β-unsaturated/α-hetero) is 2. The molecule has 0 aliphatic rings. The van der Waals surface area contributed by atoms with Gasteiger partial charge in [-0.2, -0.15) is 51.1 Å². The van der Waals surface area contributed by atoms with Gasteiger partial charge in [-0.1, -0.05) is 54.6 Å². The maximum atomic E-state index is 13.2. The van der Waals surface area contributed by atoms with Gasteiger partial charge in [0.05, 0.1) is 104 Å². The summed E-state index contributed by atoms with van der Waals surface area (Å²) in [5.74, 6) is -2.29. The number of benzene rings is 15. The van der Waals surface area contributed by atoms with Crippen LogP contribution in [-0.4, -0.2) is 105 Å². The number of azo groups is 5. The summed E-state index contributed by atoms with van der Waals surface area (Å²) in [7, 11) is 13.9. The van der Waals surface area contributed by atoms with Gasteiger partial charge in [-0.3, -0.25) is 24.0 Å². The molecule has 3 amide bonds. The number of nitrogen functional groups attached to an aromatic ring is 5. The van der Waals surface area contributed by atoms with Gasteiger partial charge in [0.15, 0.2) is 11.6 Å². The van der Waals surface area contributed by atoms with E-state index in [0.29, 0.717) is 116 Å². The van der Waals surface area contributed by atoms with Gasteiger partial charge in [0, 0.05) is 137 Å². The van der Waals surface area contributed by atoms with Crippen LogP contribution in [0.15, 0.2) is 403 Å². The van der Waals surface area contributed by atoms with Crippen LogP contribution in [0.4, 0.5) is 138 Å². The number of halogens is 3. The molecule has 0 saturated carbocycles. The number of nitrogens with zero attached hydrogens (tertiary/aromatic N) is 14. The standard InChI is InChI=1S/C25H28FN5O2.C22H21FN4O.C21H20FN5O.C21H21N5O.C19H16N4O/c1-31(13-15-33-14-12-27)23-10-8-22(9-11-23)30-29-21-6-3-18(4-7-21)25(32)16-19-2-5-20(26)17-24(19)28;1-27(2)20-11-9-19(10-12-20)26-25-18-7-4-15(5-8-18)22(28)13-16-3-6-17(23)14-21(16)24;1-27(2)18-10-8-17(9-11-18)26-25-16-6-3-14(4-7-16)21(28)24-20-12-5-15(22)13-19(20)23;1-26(2)18-13-11-17(12-14-18)25-24-16-9-7-15(8-10-16)21(27)23-20-6-4-3-5-19(20)22;20-17-8-4-5-9-18(17)21-19(24)14-10-12-16(13-11-14)23-22-15-6-2-1-3-7-15/h2-11,17H,12-16,27-28H2,1H3;3-12,14H,13,24H2,1-2H3;3-13H,23H2,1-2H3,(H,24,28);3-14H,22H2,1-2H3,(H,23,27);1-13H,20H2,(H,21,24). The van der Waals surface area contributed by atoms with E-state index in [1.807, 2.05) is 216 Å². The maximum Gasteiger partial charge on any atom is 0.255 e. The van der Waals surface area contributed by atoms with E-state index in [1.165, 1.54) is 48.5 Å². The second-order valence-electron chi connectivity index (χ2n) is 31.8. The minimum atomic E-state index is -0.457. The fourth-order valence-corrected chi connectivity index (χ4v) is 12.7. The number of anilines is 12. The second kappa shape index (κ2) is 52.0. The van der Waals surface area contributed by atoms with Crippen molar-refractivity contribution in [1.29, 1.82) is 0 Å². The molecule has 140 heavy (non-hydrogen) atoms. The average Bonchev–Trinajstić information content (AvgIpc) is 0.845. The third-order valence-electron chi connectivity index (χ3n) is 20.7. The molecule has 15 aromatic rings. The first-order chi connectivity index (χ1) is 67.5. The number of rotatable bonds is 31. The molecule has 0 heterocycles. The molecular formula is C108H106F3N23O6. The zero-order valence-electron chi connectivity index (χ0n) is 78.0. The van der Waals surface area contributed by atoms with E-state index in [-0.39, 0.29) is 59.2 Å². The molecule has 0 aromatic heterocycles. The topological polar surface area (TPSA) is 423 Å². The Hall–Kier alpha value is -18.0. The highest BCUT2D eigenvalue weighted by molar-refractivity contribution is 6.08. The lowest BCUT2D eigenvalue weighted by Crippen LogP contribution is -2.23. The van der Waals surface area contributed by atoms with E-state index in [0.717, 1.165) is 63.8 Å². The Morgan fingerprint density at radius 3 is 0.800 bits per heavy atom. The zero-order chi connectivity index (χ0) is 99.8. The summed E-state index contributed by atoms with van der Waals surface area (Å²) in [4.78, 5) is 69.9. The number of nitrogens with two attached hydrogens (primary N) is 6. The van der Waals surface area contributed by atoms with E-state index in [2.05, 4.69) is 72.0 Å². The summed E-state index contributed by atoms with van der Waals surface area (Å²) in [5.41, 5.74) is 52.7. The van der Waals surface area contributed by atoms with E-state index in [4.69, 9.17) is 39.1 Å². The van der Waals surface area contributed by atoms with E-state index in [9.17, 15) is 37.1 Å².